The monoisotopic (exact) mass is 164 g/mol. The van der Waals surface area contributed by atoms with Crippen LogP contribution in [0.4, 0.5) is 11.4 Å². The first-order valence-corrected chi connectivity index (χ1v) is 4.11. The fourth-order valence-corrected chi connectivity index (χ4v) is 1.25. The maximum Gasteiger partial charge on any atom is 0.116 e. The predicted octanol–water partition coefficient (Wildman–Crippen LogP) is 1.50. The van der Waals surface area contributed by atoms with Crippen molar-refractivity contribution in [1.29, 1.82) is 0 Å². The molecule has 0 spiro atoms. The third-order valence-corrected chi connectivity index (χ3v) is 1.85. The fourth-order valence-electron chi connectivity index (χ4n) is 1.25. The number of fused-ring (bicyclic) bond motifs is 1. The van der Waals surface area contributed by atoms with Gasteiger partial charge >= 0.3 is 0 Å². The van der Waals surface area contributed by atoms with E-state index >= 15 is 0 Å². The van der Waals surface area contributed by atoms with Gasteiger partial charge in [-0.2, -0.15) is 0 Å². The Balaban J connectivity index is 2.24. The smallest absolute Gasteiger partial charge is 0.116 e. The summed E-state index contributed by atoms with van der Waals surface area (Å²) in [7, 11) is 0. The Labute approximate surface area is 71.7 Å². The lowest BCUT2D eigenvalue weighted by molar-refractivity contribution is 0.161. The van der Waals surface area contributed by atoms with E-state index in [0.717, 1.165) is 24.5 Å². The molecule has 12 heavy (non-hydrogen) atoms. The van der Waals surface area contributed by atoms with Crippen LogP contribution in [-0.4, -0.2) is 19.9 Å². The number of benzene rings is 1. The number of para-hydroxylation sites is 2. The van der Waals surface area contributed by atoms with Gasteiger partial charge in [0.05, 0.1) is 18.0 Å². The van der Waals surface area contributed by atoms with E-state index in [-0.39, 0.29) is 0 Å². The summed E-state index contributed by atoms with van der Waals surface area (Å²) in [5.74, 6) is 0. The number of nitrogens with one attached hydrogen (secondary N) is 2. The minimum absolute atomic E-state index is 0.596. The average molecular weight is 164 g/mol. The third kappa shape index (κ3) is 1.51. The molecule has 0 amide bonds. The first kappa shape index (κ1) is 7.43. The summed E-state index contributed by atoms with van der Waals surface area (Å²) in [6, 6.07) is 8.13. The molecule has 0 aliphatic carbocycles. The molecule has 0 aromatic heterocycles. The second kappa shape index (κ2) is 3.45. The molecule has 1 heterocycles. The van der Waals surface area contributed by atoms with Gasteiger partial charge in [-0.3, -0.25) is 0 Å². The molecule has 0 saturated carbocycles. The normalized spacial score (nSPS) is 16.3. The Kier molecular flexibility index (Phi) is 2.14. The van der Waals surface area contributed by atoms with Crippen LogP contribution in [0.2, 0.25) is 0 Å². The molecule has 0 bridgehead atoms. The van der Waals surface area contributed by atoms with E-state index in [9.17, 15) is 0 Å². The van der Waals surface area contributed by atoms with Crippen molar-refractivity contribution in [3.8, 4) is 0 Å². The van der Waals surface area contributed by atoms with Crippen LogP contribution in [0.25, 0.3) is 0 Å². The summed E-state index contributed by atoms with van der Waals surface area (Å²) in [6.07, 6.45) is 0. The van der Waals surface area contributed by atoms with E-state index in [4.69, 9.17) is 4.74 Å². The molecular formula is C9H12N2O. The Morgan fingerprint density at radius 2 is 1.83 bits per heavy atom. The van der Waals surface area contributed by atoms with Gasteiger partial charge in [0.1, 0.15) is 6.73 Å². The molecule has 1 aromatic rings. The maximum absolute atomic E-state index is 5.26. The first-order chi connectivity index (χ1) is 5.97. The number of anilines is 2. The quantitative estimate of drug-likeness (QED) is 0.609. The minimum Gasteiger partial charge on any atom is -0.381 e. The molecule has 3 nitrogen and oxygen atoms in total. The summed E-state index contributed by atoms with van der Waals surface area (Å²) in [5.41, 5.74) is 2.26. The molecule has 0 unspecified atom stereocenters. The first-order valence-electron chi connectivity index (χ1n) is 4.11. The standard InChI is InChI=1S/C9H12N2O/c1-2-4-9-8(3-1)10-5-6-12-7-11-9/h1-4,10-11H,5-7H2. The van der Waals surface area contributed by atoms with Crippen molar-refractivity contribution in [2.45, 2.75) is 0 Å². The van der Waals surface area contributed by atoms with E-state index < -0.39 is 0 Å². The number of ether oxygens (including phenoxy) is 1. The third-order valence-electron chi connectivity index (χ3n) is 1.85. The highest BCUT2D eigenvalue weighted by molar-refractivity contribution is 5.68. The van der Waals surface area contributed by atoms with Gasteiger partial charge in [0.2, 0.25) is 0 Å². The molecule has 64 valence electrons. The van der Waals surface area contributed by atoms with Crippen molar-refractivity contribution in [3.05, 3.63) is 24.3 Å². The largest absolute Gasteiger partial charge is 0.381 e. The van der Waals surface area contributed by atoms with Crippen molar-refractivity contribution >= 4 is 11.4 Å². The number of hydrogen-bond donors (Lipinski definition) is 2. The molecule has 2 rings (SSSR count). The van der Waals surface area contributed by atoms with Gasteiger partial charge in [-0.25, -0.2) is 0 Å². The van der Waals surface area contributed by atoms with Crippen LogP contribution >= 0.6 is 0 Å². The number of hydrogen-bond acceptors (Lipinski definition) is 3. The van der Waals surface area contributed by atoms with Crippen molar-refractivity contribution in [3.63, 3.8) is 0 Å². The Morgan fingerprint density at radius 3 is 2.67 bits per heavy atom. The molecule has 1 aliphatic rings. The van der Waals surface area contributed by atoms with Crippen molar-refractivity contribution in [2.24, 2.45) is 0 Å². The van der Waals surface area contributed by atoms with Gasteiger partial charge in [0.25, 0.3) is 0 Å². The molecule has 1 aliphatic heterocycles. The van der Waals surface area contributed by atoms with E-state index in [1.54, 1.807) is 0 Å². The van der Waals surface area contributed by atoms with Gasteiger partial charge in [0, 0.05) is 6.54 Å². The lowest BCUT2D eigenvalue weighted by Gasteiger charge is -2.17. The lowest BCUT2D eigenvalue weighted by Crippen LogP contribution is -2.18. The SMILES string of the molecule is c1ccc2c(c1)NCCOCN2. The van der Waals surface area contributed by atoms with Gasteiger partial charge in [-0.05, 0) is 12.1 Å². The van der Waals surface area contributed by atoms with Gasteiger partial charge < -0.3 is 15.4 Å². The minimum atomic E-state index is 0.596. The summed E-state index contributed by atoms with van der Waals surface area (Å²) in [4.78, 5) is 0. The Bertz CT molecular complexity index is 235. The molecule has 0 atom stereocenters. The van der Waals surface area contributed by atoms with Crippen LogP contribution in [0.15, 0.2) is 24.3 Å². The lowest BCUT2D eigenvalue weighted by atomic mass is 10.2. The summed E-state index contributed by atoms with van der Waals surface area (Å²) in [5, 5.41) is 6.46. The van der Waals surface area contributed by atoms with Crippen LogP contribution in [0.1, 0.15) is 0 Å². The average Bonchev–Trinajstić information content (AvgIpc) is 2.06. The van der Waals surface area contributed by atoms with E-state index in [0.29, 0.717) is 6.73 Å². The van der Waals surface area contributed by atoms with Gasteiger partial charge in [-0.15, -0.1) is 0 Å². The van der Waals surface area contributed by atoms with Crippen LogP contribution in [0, 0.1) is 0 Å². The van der Waals surface area contributed by atoms with Gasteiger partial charge in [-0.1, -0.05) is 12.1 Å². The highest BCUT2D eigenvalue weighted by Crippen LogP contribution is 2.20. The predicted molar refractivity (Wildman–Crippen MR) is 49.4 cm³/mol. The fraction of sp³-hybridized carbons (Fsp3) is 0.333. The maximum atomic E-state index is 5.26. The molecule has 0 fully saturated rings. The molecular weight excluding hydrogens is 152 g/mol. The molecule has 1 aromatic carbocycles. The molecule has 3 heteroatoms. The van der Waals surface area contributed by atoms with E-state index in [2.05, 4.69) is 16.7 Å². The van der Waals surface area contributed by atoms with Crippen molar-refractivity contribution in [1.82, 2.24) is 0 Å². The highest BCUT2D eigenvalue weighted by Gasteiger charge is 2.02. The Morgan fingerprint density at radius 1 is 1.08 bits per heavy atom. The second-order valence-electron chi connectivity index (χ2n) is 2.70. The zero-order valence-electron chi connectivity index (χ0n) is 6.84. The number of rotatable bonds is 0. The Hall–Kier alpha value is -1.22. The summed E-state index contributed by atoms with van der Waals surface area (Å²) in [6.45, 7) is 2.22. The zero-order chi connectivity index (χ0) is 8.23. The summed E-state index contributed by atoms with van der Waals surface area (Å²) >= 11 is 0. The van der Waals surface area contributed by atoms with Gasteiger partial charge in [0.15, 0.2) is 0 Å². The van der Waals surface area contributed by atoms with Crippen LogP contribution < -0.4 is 10.6 Å². The van der Waals surface area contributed by atoms with Crippen LogP contribution in [0.3, 0.4) is 0 Å². The zero-order valence-corrected chi connectivity index (χ0v) is 6.84. The highest BCUT2D eigenvalue weighted by atomic mass is 16.5. The summed E-state index contributed by atoms with van der Waals surface area (Å²) < 4.78 is 5.26. The molecule has 2 N–H and O–H groups in total. The molecule has 0 saturated heterocycles. The topological polar surface area (TPSA) is 33.3 Å². The van der Waals surface area contributed by atoms with Crippen molar-refractivity contribution < 1.29 is 4.74 Å². The van der Waals surface area contributed by atoms with E-state index in [1.807, 2.05) is 18.2 Å². The van der Waals surface area contributed by atoms with Crippen molar-refractivity contribution in [2.75, 3.05) is 30.5 Å². The van der Waals surface area contributed by atoms with Crippen LogP contribution in [-0.2, 0) is 4.74 Å². The second-order valence-corrected chi connectivity index (χ2v) is 2.70. The van der Waals surface area contributed by atoms with Crippen LogP contribution in [0.5, 0.6) is 0 Å². The molecule has 0 radical (unpaired) electrons. The van der Waals surface area contributed by atoms with E-state index in [1.165, 1.54) is 0 Å².